The number of hydrogen-bond donors (Lipinski definition) is 1. The van der Waals surface area contributed by atoms with E-state index in [2.05, 4.69) is 4.90 Å². The van der Waals surface area contributed by atoms with E-state index in [1.54, 1.807) is 23.6 Å². The summed E-state index contributed by atoms with van der Waals surface area (Å²) in [6.45, 7) is 1.86. The first kappa shape index (κ1) is 19.7. The molecule has 2 N–H and O–H groups in total. The number of hydrogen-bond acceptors (Lipinski definition) is 4. The standard InChI is InChI=1S/C19H22F3N3OS/c1-24(11-15-10-13(12-27-15)18(23)26)14-6-8-25(9-7-14)17-5-3-2-4-16(17)19(20,21)22/h2-5,10,12,14H,6-9,11H2,1H3,(H2,23,26). The summed E-state index contributed by atoms with van der Waals surface area (Å²) in [7, 11) is 2.01. The SMILES string of the molecule is CN(Cc1cc(C(N)=O)cs1)C1CCN(c2ccccc2C(F)(F)F)CC1. The van der Waals surface area contributed by atoms with Gasteiger partial charge >= 0.3 is 6.18 Å². The van der Waals surface area contributed by atoms with Crippen molar-refractivity contribution in [1.82, 2.24) is 4.90 Å². The first-order valence-corrected chi connectivity index (χ1v) is 9.62. The van der Waals surface area contributed by atoms with Crippen molar-refractivity contribution >= 4 is 22.9 Å². The van der Waals surface area contributed by atoms with Crippen LogP contribution in [0.25, 0.3) is 0 Å². The molecule has 0 unspecified atom stereocenters. The lowest BCUT2D eigenvalue weighted by Crippen LogP contribution is -2.43. The zero-order chi connectivity index (χ0) is 19.6. The molecule has 0 saturated carbocycles. The average Bonchev–Trinajstić information content (AvgIpc) is 3.10. The van der Waals surface area contributed by atoms with Crippen LogP contribution in [0.3, 0.4) is 0 Å². The molecule has 4 nitrogen and oxygen atoms in total. The van der Waals surface area contributed by atoms with Crippen molar-refractivity contribution in [1.29, 1.82) is 0 Å². The predicted molar refractivity (Wildman–Crippen MR) is 101 cm³/mol. The van der Waals surface area contributed by atoms with E-state index in [4.69, 9.17) is 5.73 Å². The summed E-state index contributed by atoms with van der Waals surface area (Å²) in [5, 5.41) is 1.75. The Morgan fingerprint density at radius 3 is 2.56 bits per heavy atom. The molecule has 3 rings (SSSR count). The van der Waals surface area contributed by atoms with Gasteiger partial charge in [0.15, 0.2) is 0 Å². The average molecular weight is 397 g/mol. The van der Waals surface area contributed by atoms with Gasteiger partial charge in [-0.15, -0.1) is 11.3 Å². The van der Waals surface area contributed by atoms with E-state index in [1.165, 1.54) is 17.4 Å². The summed E-state index contributed by atoms with van der Waals surface area (Å²) in [5.74, 6) is -0.434. The number of thiophene rings is 1. The van der Waals surface area contributed by atoms with Crippen LogP contribution in [0, 0.1) is 0 Å². The molecule has 1 fully saturated rings. The lowest BCUT2D eigenvalue weighted by molar-refractivity contribution is -0.137. The van der Waals surface area contributed by atoms with Gasteiger partial charge in [0.05, 0.1) is 11.1 Å². The number of para-hydroxylation sites is 1. The minimum absolute atomic E-state index is 0.260. The highest BCUT2D eigenvalue weighted by atomic mass is 32.1. The first-order chi connectivity index (χ1) is 12.8. The third-order valence-electron chi connectivity index (χ3n) is 4.98. The number of nitrogens with zero attached hydrogens (tertiary/aromatic N) is 2. The van der Waals surface area contributed by atoms with E-state index < -0.39 is 17.6 Å². The van der Waals surface area contributed by atoms with E-state index in [9.17, 15) is 18.0 Å². The van der Waals surface area contributed by atoms with Crippen LogP contribution in [0.15, 0.2) is 35.7 Å². The number of carbonyl (C=O) groups is 1. The fraction of sp³-hybridized carbons (Fsp3) is 0.421. The minimum atomic E-state index is -4.35. The van der Waals surface area contributed by atoms with Crippen molar-refractivity contribution in [3.8, 4) is 0 Å². The zero-order valence-electron chi connectivity index (χ0n) is 15.0. The van der Waals surface area contributed by atoms with Crippen LogP contribution in [-0.2, 0) is 12.7 Å². The lowest BCUT2D eigenvalue weighted by atomic mass is 10.0. The third kappa shape index (κ3) is 4.62. The molecule has 27 heavy (non-hydrogen) atoms. The van der Waals surface area contributed by atoms with Crippen molar-refractivity contribution in [2.24, 2.45) is 5.73 Å². The number of nitrogens with two attached hydrogens (primary N) is 1. The van der Waals surface area contributed by atoms with Crippen molar-refractivity contribution in [3.63, 3.8) is 0 Å². The molecule has 1 aliphatic rings. The van der Waals surface area contributed by atoms with Gasteiger partial charge in [0.25, 0.3) is 0 Å². The lowest BCUT2D eigenvalue weighted by Gasteiger charge is -2.38. The summed E-state index contributed by atoms with van der Waals surface area (Å²) >= 11 is 1.49. The van der Waals surface area contributed by atoms with Crippen LogP contribution >= 0.6 is 11.3 Å². The highest BCUT2D eigenvalue weighted by Gasteiger charge is 2.35. The molecule has 8 heteroatoms. The Morgan fingerprint density at radius 2 is 1.96 bits per heavy atom. The fourth-order valence-corrected chi connectivity index (χ4v) is 4.44. The zero-order valence-corrected chi connectivity index (χ0v) is 15.8. The molecule has 0 radical (unpaired) electrons. The van der Waals surface area contributed by atoms with Gasteiger partial charge in [-0.1, -0.05) is 12.1 Å². The second-order valence-electron chi connectivity index (χ2n) is 6.81. The summed E-state index contributed by atoms with van der Waals surface area (Å²) in [6.07, 6.45) is -2.77. The van der Waals surface area contributed by atoms with Gasteiger partial charge in [-0.25, -0.2) is 0 Å². The summed E-state index contributed by atoms with van der Waals surface area (Å²) < 4.78 is 39.7. The second kappa shape index (κ2) is 7.90. The predicted octanol–water partition coefficient (Wildman–Crippen LogP) is 3.97. The normalized spacial score (nSPS) is 16.1. The fourth-order valence-electron chi connectivity index (χ4n) is 3.50. The van der Waals surface area contributed by atoms with E-state index in [0.717, 1.165) is 23.8 Å². The maximum Gasteiger partial charge on any atom is 0.418 e. The Hall–Kier alpha value is -2.06. The number of rotatable bonds is 5. The maximum absolute atomic E-state index is 13.2. The monoisotopic (exact) mass is 397 g/mol. The largest absolute Gasteiger partial charge is 0.418 e. The quantitative estimate of drug-likeness (QED) is 0.831. The number of primary amides is 1. The van der Waals surface area contributed by atoms with Gasteiger partial charge < -0.3 is 10.6 Å². The first-order valence-electron chi connectivity index (χ1n) is 8.74. The molecular formula is C19H22F3N3OS. The highest BCUT2D eigenvalue weighted by Crippen LogP contribution is 2.37. The minimum Gasteiger partial charge on any atom is -0.371 e. The number of piperidine rings is 1. The van der Waals surface area contributed by atoms with Crippen LogP contribution in [0.4, 0.5) is 18.9 Å². The van der Waals surface area contributed by atoms with Crippen LogP contribution in [0.5, 0.6) is 0 Å². The molecule has 1 amide bonds. The van der Waals surface area contributed by atoms with Crippen LogP contribution < -0.4 is 10.6 Å². The Balaban J connectivity index is 1.61. The summed E-state index contributed by atoms with van der Waals surface area (Å²) in [6, 6.07) is 7.85. The van der Waals surface area contributed by atoms with Crippen LogP contribution in [0.1, 0.15) is 33.6 Å². The molecule has 2 aromatic rings. The maximum atomic E-state index is 13.2. The molecule has 1 aliphatic heterocycles. The number of amides is 1. The molecule has 2 heterocycles. The summed E-state index contributed by atoms with van der Waals surface area (Å²) in [4.78, 5) is 16.3. The molecule has 146 valence electrons. The van der Waals surface area contributed by atoms with E-state index in [1.807, 2.05) is 11.9 Å². The van der Waals surface area contributed by atoms with E-state index in [-0.39, 0.29) is 5.69 Å². The van der Waals surface area contributed by atoms with Crippen molar-refractivity contribution in [2.45, 2.75) is 31.6 Å². The van der Waals surface area contributed by atoms with Gasteiger partial charge in [-0.2, -0.15) is 13.2 Å². The van der Waals surface area contributed by atoms with Gasteiger partial charge in [0.2, 0.25) is 5.91 Å². The smallest absolute Gasteiger partial charge is 0.371 e. The number of benzene rings is 1. The van der Waals surface area contributed by atoms with Crippen molar-refractivity contribution in [2.75, 3.05) is 25.0 Å². The van der Waals surface area contributed by atoms with Gasteiger partial charge in [-0.05, 0) is 38.1 Å². The molecule has 1 aromatic heterocycles. The molecule has 0 spiro atoms. The van der Waals surface area contributed by atoms with E-state index >= 15 is 0 Å². The van der Waals surface area contributed by atoms with Crippen molar-refractivity contribution in [3.05, 3.63) is 51.7 Å². The highest BCUT2D eigenvalue weighted by molar-refractivity contribution is 7.10. The third-order valence-corrected chi connectivity index (χ3v) is 5.90. The Bertz CT molecular complexity index is 797. The molecule has 0 aliphatic carbocycles. The Kier molecular flexibility index (Phi) is 5.76. The molecule has 1 saturated heterocycles. The van der Waals surface area contributed by atoms with Gasteiger partial charge in [0, 0.05) is 41.6 Å². The molecule has 0 atom stereocenters. The number of carbonyl (C=O) groups excluding carboxylic acids is 1. The Morgan fingerprint density at radius 1 is 1.30 bits per heavy atom. The van der Waals surface area contributed by atoms with Crippen LogP contribution in [-0.4, -0.2) is 37.0 Å². The van der Waals surface area contributed by atoms with Gasteiger partial charge in [0.1, 0.15) is 0 Å². The number of anilines is 1. The number of halogens is 3. The topological polar surface area (TPSA) is 49.6 Å². The Labute approximate surface area is 160 Å². The van der Waals surface area contributed by atoms with Crippen molar-refractivity contribution < 1.29 is 18.0 Å². The van der Waals surface area contributed by atoms with Gasteiger partial charge in [-0.3, -0.25) is 9.69 Å². The molecule has 1 aromatic carbocycles. The second-order valence-corrected chi connectivity index (χ2v) is 7.81. The molecular weight excluding hydrogens is 375 g/mol. The molecule has 0 bridgehead atoms. The van der Waals surface area contributed by atoms with E-state index in [0.29, 0.717) is 31.2 Å². The van der Waals surface area contributed by atoms with Crippen LogP contribution in [0.2, 0.25) is 0 Å². The number of alkyl halides is 3. The summed E-state index contributed by atoms with van der Waals surface area (Å²) in [5.41, 5.74) is 5.48.